The van der Waals surface area contributed by atoms with E-state index in [0.29, 0.717) is 40.8 Å². The molecular weight excluding hydrogens is 425 g/mol. The first kappa shape index (κ1) is 21.1. The van der Waals surface area contributed by atoms with Crippen molar-refractivity contribution < 1.29 is 19.1 Å². The van der Waals surface area contributed by atoms with Crippen LogP contribution in [-0.4, -0.2) is 55.1 Å². The molecule has 1 aliphatic heterocycles. The average Bonchev–Trinajstić information content (AvgIpc) is 3.29. The lowest BCUT2D eigenvalue weighted by Crippen LogP contribution is -2.45. The maximum absolute atomic E-state index is 12.7. The smallest absolute Gasteiger partial charge is 0.349 e. The summed E-state index contributed by atoms with van der Waals surface area (Å²) in [6.45, 7) is 3.07. The first-order valence-electron chi connectivity index (χ1n) is 8.74. The number of nitrogens with zero attached hydrogens (tertiary/aromatic N) is 2. The Morgan fingerprint density at radius 2 is 2.11 bits per heavy atom. The van der Waals surface area contributed by atoms with Crippen LogP contribution in [0.5, 0.6) is 0 Å². The van der Waals surface area contributed by atoms with Crippen molar-refractivity contribution in [2.75, 3.05) is 32.2 Å². The number of piperidine rings is 1. The average molecular weight is 446 g/mol. The molecule has 3 heterocycles. The van der Waals surface area contributed by atoms with Crippen molar-refractivity contribution in [2.45, 2.75) is 25.9 Å². The molecule has 0 radical (unpaired) electrons. The van der Waals surface area contributed by atoms with Crippen LogP contribution in [0, 0.1) is 12.8 Å². The number of aryl methyl sites for hydroxylation is 1. The molecule has 0 unspecified atom stereocenters. The van der Waals surface area contributed by atoms with Crippen LogP contribution in [0.1, 0.15) is 38.7 Å². The largest absolute Gasteiger partial charge is 0.465 e. The van der Waals surface area contributed by atoms with Crippen molar-refractivity contribution in [3.8, 4) is 0 Å². The summed E-state index contributed by atoms with van der Waals surface area (Å²) in [7, 11) is 2.98. The van der Waals surface area contributed by atoms with Gasteiger partial charge in [-0.05, 0) is 19.3 Å². The van der Waals surface area contributed by atoms with Crippen LogP contribution >= 0.6 is 34.5 Å². The van der Waals surface area contributed by atoms with Crippen LogP contribution in [0.2, 0.25) is 10.0 Å². The Balaban J connectivity index is 1.67. The third kappa shape index (κ3) is 4.20. The summed E-state index contributed by atoms with van der Waals surface area (Å²) in [6, 6.07) is 0. The minimum Gasteiger partial charge on any atom is -0.465 e. The number of hydrogen-bond acceptors (Lipinski definition) is 7. The van der Waals surface area contributed by atoms with Gasteiger partial charge >= 0.3 is 5.97 Å². The number of hydrogen-bond donors (Lipinski definition) is 1. The van der Waals surface area contributed by atoms with Crippen molar-refractivity contribution in [2.24, 2.45) is 5.92 Å². The Hall–Kier alpha value is -1.61. The molecule has 0 aliphatic carbocycles. The number of aromatic amines is 1. The highest BCUT2D eigenvalue weighted by Crippen LogP contribution is 2.33. The number of esters is 1. The normalized spacial score (nSPS) is 19.7. The number of aromatic nitrogens is 2. The number of anilines is 1. The standard InChI is InChI=1S/C18H21Cl2N3O4S/c1-9-14(19)15(20)16(22-9)11(24)6-10-4-5-23(8-12(10)26-2)18-21-7-13(28-18)17(25)27-3/h7,10,12,22H,4-6,8H2,1-3H3/t10-,12+/m0/s1. The van der Waals surface area contributed by atoms with Gasteiger partial charge in [0.1, 0.15) is 10.6 Å². The van der Waals surface area contributed by atoms with Gasteiger partial charge < -0.3 is 19.4 Å². The monoisotopic (exact) mass is 445 g/mol. The van der Waals surface area contributed by atoms with Gasteiger partial charge in [-0.2, -0.15) is 0 Å². The molecule has 152 valence electrons. The second kappa shape index (κ2) is 8.82. The van der Waals surface area contributed by atoms with Crippen LogP contribution in [0.4, 0.5) is 5.13 Å². The molecule has 1 aliphatic rings. The fourth-order valence-electron chi connectivity index (χ4n) is 3.35. The Kier molecular flexibility index (Phi) is 6.65. The zero-order valence-electron chi connectivity index (χ0n) is 15.8. The van der Waals surface area contributed by atoms with Crippen molar-refractivity contribution in [3.05, 3.63) is 32.5 Å². The quantitative estimate of drug-likeness (QED) is 0.534. The Labute approximate surface area is 176 Å². The second-order valence-corrected chi connectivity index (χ2v) is 8.41. The number of nitrogens with one attached hydrogen (secondary N) is 1. The molecule has 2 atom stereocenters. The molecule has 2 aromatic heterocycles. The van der Waals surface area contributed by atoms with E-state index in [0.717, 1.165) is 11.6 Å². The van der Waals surface area contributed by atoms with Gasteiger partial charge in [-0.25, -0.2) is 9.78 Å². The fourth-order valence-corrected chi connectivity index (χ4v) is 4.65. The summed E-state index contributed by atoms with van der Waals surface area (Å²) in [5.41, 5.74) is 1.03. The molecule has 7 nitrogen and oxygen atoms in total. The molecule has 1 N–H and O–H groups in total. The molecular formula is C18H21Cl2N3O4S. The van der Waals surface area contributed by atoms with E-state index in [9.17, 15) is 9.59 Å². The molecule has 1 fully saturated rings. The SMILES string of the molecule is COC(=O)c1cnc(N2CC[C@@H](CC(=O)c3[nH]c(C)c(Cl)c3Cl)[C@H](OC)C2)s1. The third-order valence-corrected chi connectivity index (χ3v) is 6.91. The summed E-state index contributed by atoms with van der Waals surface area (Å²) in [4.78, 5) is 34.2. The summed E-state index contributed by atoms with van der Waals surface area (Å²) in [6.07, 6.45) is 2.44. The molecule has 2 aromatic rings. The molecule has 1 saturated heterocycles. The topological polar surface area (TPSA) is 84.5 Å². The zero-order valence-corrected chi connectivity index (χ0v) is 18.1. The Morgan fingerprint density at radius 1 is 1.36 bits per heavy atom. The van der Waals surface area contributed by atoms with Gasteiger partial charge in [-0.3, -0.25) is 4.79 Å². The Bertz CT molecular complexity index is 882. The lowest BCUT2D eigenvalue weighted by Gasteiger charge is -2.37. The third-order valence-electron chi connectivity index (χ3n) is 4.93. The summed E-state index contributed by atoms with van der Waals surface area (Å²) in [5, 5.41) is 1.39. The lowest BCUT2D eigenvalue weighted by molar-refractivity contribution is 0.0375. The van der Waals surface area contributed by atoms with Gasteiger partial charge in [0, 0.05) is 32.3 Å². The van der Waals surface area contributed by atoms with Gasteiger partial charge in [-0.1, -0.05) is 34.5 Å². The molecule has 10 heteroatoms. The second-order valence-electron chi connectivity index (χ2n) is 6.65. The van der Waals surface area contributed by atoms with Crippen LogP contribution in [-0.2, 0) is 9.47 Å². The van der Waals surface area contributed by atoms with E-state index >= 15 is 0 Å². The van der Waals surface area contributed by atoms with Crippen molar-refractivity contribution in [1.82, 2.24) is 9.97 Å². The molecule has 0 saturated carbocycles. The van der Waals surface area contributed by atoms with Gasteiger partial charge in [0.2, 0.25) is 0 Å². The maximum Gasteiger partial charge on any atom is 0.349 e. The number of Topliss-reactive ketones (excluding diaryl/α,β-unsaturated/α-hetero) is 1. The van der Waals surface area contributed by atoms with Gasteiger partial charge in [0.25, 0.3) is 0 Å². The van der Waals surface area contributed by atoms with E-state index in [1.165, 1.54) is 24.6 Å². The van der Waals surface area contributed by atoms with Gasteiger partial charge in [-0.15, -0.1) is 0 Å². The van der Waals surface area contributed by atoms with Crippen molar-refractivity contribution in [1.29, 1.82) is 0 Å². The van der Waals surface area contributed by atoms with Crippen LogP contribution in [0.15, 0.2) is 6.20 Å². The molecule has 0 amide bonds. The van der Waals surface area contributed by atoms with Crippen LogP contribution in [0.3, 0.4) is 0 Å². The summed E-state index contributed by atoms with van der Waals surface area (Å²) in [5.74, 6) is -0.431. The summed E-state index contributed by atoms with van der Waals surface area (Å²) < 4.78 is 10.4. The van der Waals surface area contributed by atoms with Crippen molar-refractivity contribution in [3.63, 3.8) is 0 Å². The number of methoxy groups -OCH3 is 2. The highest BCUT2D eigenvalue weighted by atomic mass is 35.5. The first-order valence-corrected chi connectivity index (χ1v) is 10.3. The molecule has 0 bridgehead atoms. The molecule has 28 heavy (non-hydrogen) atoms. The van der Waals surface area contributed by atoms with Crippen LogP contribution in [0.25, 0.3) is 0 Å². The zero-order chi connectivity index (χ0) is 20.4. The Morgan fingerprint density at radius 3 is 2.71 bits per heavy atom. The van der Waals surface area contributed by atoms with E-state index in [4.69, 9.17) is 32.7 Å². The van der Waals surface area contributed by atoms with E-state index in [1.54, 1.807) is 14.0 Å². The fraction of sp³-hybridized carbons (Fsp3) is 0.500. The predicted octanol–water partition coefficient (Wildman–Crippen LogP) is 3.99. The number of carbonyl (C=O) groups excluding carboxylic acids is 2. The first-order chi connectivity index (χ1) is 13.3. The van der Waals surface area contributed by atoms with Crippen molar-refractivity contribution >= 4 is 51.4 Å². The van der Waals surface area contributed by atoms with E-state index in [1.807, 2.05) is 0 Å². The number of carbonyl (C=O) groups is 2. The molecule has 0 aromatic carbocycles. The van der Waals surface area contributed by atoms with Crippen LogP contribution < -0.4 is 4.90 Å². The highest BCUT2D eigenvalue weighted by Gasteiger charge is 2.33. The minimum atomic E-state index is -0.399. The maximum atomic E-state index is 12.7. The minimum absolute atomic E-state index is 0.0484. The number of halogens is 2. The predicted molar refractivity (Wildman–Crippen MR) is 109 cm³/mol. The van der Waals surface area contributed by atoms with E-state index in [-0.39, 0.29) is 22.8 Å². The lowest BCUT2D eigenvalue weighted by atomic mass is 9.88. The highest BCUT2D eigenvalue weighted by molar-refractivity contribution is 7.17. The molecule has 3 rings (SSSR count). The number of ketones is 1. The molecule has 0 spiro atoms. The number of rotatable bonds is 6. The van der Waals surface area contributed by atoms with E-state index < -0.39 is 5.97 Å². The number of thiazole rings is 1. The number of ether oxygens (including phenoxy) is 2. The van der Waals surface area contributed by atoms with E-state index in [2.05, 4.69) is 14.9 Å². The summed E-state index contributed by atoms with van der Waals surface area (Å²) >= 11 is 13.5. The van der Waals surface area contributed by atoms with Gasteiger partial charge in [0.05, 0.1) is 29.5 Å². The number of H-pyrrole nitrogens is 1. The van der Waals surface area contributed by atoms with Gasteiger partial charge in [0.15, 0.2) is 10.9 Å².